The van der Waals surface area contributed by atoms with Crippen LogP contribution < -0.4 is 5.73 Å². The van der Waals surface area contributed by atoms with Crippen molar-refractivity contribution in [1.82, 2.24) is 0 Å². The van der Waals surface area contributed by atoms with Crippen LogP contribution in [-0.2, 0) is 14.2 Å². The van der Waals surface area contributed by atoms with Crippen molar-refractivity contribution in [2.75, 3.05) is 26.9 Å². The van der Waals surface area contributed by atoms with Crippen LogP contribution in [-0.4, -0.2) is 75.3 Å². The Morgan fingerprint density at radius 3 is 2.69 bits per heavy atom. The lowest BCUT2D eigenvalue weighted by molar-refractivity contribution is -0.0835. The molecule has 0 aromatic carbocycles. The maximum Gasteiger partial charge on any atom is 0.142 e. The van der Waals surface area contributed by atoms with E-state index >= 15 is 0 Å². The van der Waals surface area contributed by atoms with E-state index in [0.717, 1.165) is 0 Å². The van der Waals surface area contributed by atoms with Gasteiger partial charge in [-0.1, -0.05) is 0 Å². The van der Waals surface area contributed by atoms with Gasteiger partial charge < -0.3 is 30.2 Å². The lowest BCUT2D eigenvalue weighted by Gasteiger charge is -2.24. The zero-order chi connectivity index (χ0) is 12.1. The van der Waals surface area contributed by atoms with Crippen LogP contribution in [0.2, 0.25) is 0 Å². The molecule has 0 radical (unpaired) electrons. The molecule has 1 aliphatic heterocycles. The van der Waals surface area contributed by atoms with Gasteiger partial charge in [0.2, 0.25) is 0 Å². The molecular weight excluding hydrogens is 213 g/mol. The number of methoxy groups -OCH3 is 1. The van der Waals surface area contributed by atoms with E-state index in [-0.39, 0.29) is 18.7 Å². The SMILES string of the molecule is B[C@@H]1O[C@H](CO)C(O)C1OC(CN)COC. The van der Waals surface area contributed by atoms with Gasteiger partial charge in [0.1, 0.15) is 26.2 Å². The first kappa shape index (κ1) is 13.9. The largest absolute Gasteiger partial charge is 0.394 e. The van der Waals surface area contributed by atoms with Gasteiger partial charge in [-0.3, -0.25) is 0 Å². The first-order valence-corrected chi connectivity index (χ1v) is 5.42. The van der Waals surface area contributed by atoms with Crippen LogP contribution in [0, 0.1) is 0 Å². The average Bonchev–Trinajstić information content (AvgIpc) is 2.55. The van der Waals surface area contributed by atoms with Gasteiger partial charge in [-0.15, -0.1) is 0 Å². The maximum absolute atomic E-state index is 9.84. The van der Waals surface area contributed by atoms with Gasteiger partial charge in [-0.25, -0.2) is 0 Å². The van der Waals surface area contributed by atoms with E-state index in [0.29, 0.717) is 13.2 Å². The second kappa shape index (κ2) is 6.53. The van der Waals surface area contributed by atoms with Crippen LogP contribution in [0.1, 0.15) is 0 Å². The lowest BCUT2D eigenvalue weighted by atomic mass is 9.92. The number of hydrogen-bond donors (Lipinski definition) is 3. The summed E-state index contributed by atoms with van der Waals surface area (Å²) < 4.78 is 15.9. The number of hydrogen-bond acceptors (Lipinski definition) is 6. The first-order valence-electron chi connectivity index (χ1n) is 5.42. The van der Waals surface area contributed by atoms with Crippen LogP contribution in [0.5, 0.6) is 0 Å². The number of aliphatic hydroxyl groups excluding tert-OH is 2. The highest BCUT2D eigenvalue weighted by Crippen LogP contribution is 2.23. The van der Waals surface area contributed by atoms with Crippen LogP contribution in [0.25, 0.3) is 0 Å². The standard InChI is InChI=1S/C9H20BNO5/c1-14-4-5(2-11)15-8-7(13)6(3-12)16-9(8)10/h5-9,12-13H,2-4,10-11H2,1H3/t5?,6-,7?,8?,9-/m1/s1. The van der Waals surface area contributed by atoms with Crippen molar-refractivity contribution in [2.45, 2.75) is 30.4 Å². The summed E-state index contributed by atoms with van der Waals surface area (Å²) in [6, 6.07) is -0.266. The summed E-state index contributed by atoms with van der Waals surface area (Å²) in [7, 11) is 3.36. The predicted molar refractivity (Wildman–Crippen MR) is 59.9 cm³/mol. The minimum absolute atomic E-state index is 0.219. The molecule has 0 saturated carbocycles. The summed E-state index contributed by atoms with van der Waals surface area (Å²) in [6.07, 6.45) is -2.15. The summed E-state index contributed by atoms with van der Waals surface area (Å²) in [5, 5.41) is 18.8. The van der Waals surface area contributed by atoms with Gasteiger partial charge in [0.25, 0.3) is 0 Å². The topological polar surface area (TPSA) is 94.2 Å². The van der Waals surface area contributed by atoms with Crippen molar-refractivity contribution in [3.05, 3.63) is 0 Å². The van der Waals surface area contributed by atoms with E-state index in [2.05, 4.69) is 0 Å². The molecule has 0 bridgehead atoms. The molecule has 94 valence electrons. The summed E-state index contributed by atoms with van der Waals surface area (Å²) >= 11 is 0. The van der Waals surface area contributed by atoms with Crippen molar-refractivity contribution in [1.29, 1.82) is 0 Å². The molecule has 0 aromatic rings. The molecule has 16 heavy (non-hydrogen) atoms. The van der Waals surface area contributed by atoms with Gasteiger partial charge >= 0.3 is 0 Å². The number of aliphatic hydroxyl groups is 2. The molecule has 5 atom stereocenters. The highest BCUT2D eigenvalue weighted by molar-refractivity contribution is 6.11. The van der Waals surface area contributed by atoms with Crippen LogP contribution in [0.4, 0.5) is 0 Å². The molecule has 1 aliphatic rings. The van der Waals surface area contributed by atoms with Gasteiger partial charge in [0.05, 0.1) is 25.3 Å². The molecule has 1 fully saturated rings. The second-order valence-corrected chi connectivity index (χ2v) is 3.97. The molecular formula is C9H20BNO5. The van der Waals surface area contributed by atoms with Crippen molar-refractivity contribution >= 4 is 7.85 Å². The molecule has 1 rings (SSSR count). The zero-order valence-corrected chi connectivity index (χ0v) is 9.70. The van der Waals surface area contributed by atoms with E-state index in [1.54, 1.807) is 15.0 Å². The van der Waals surface area contributed by atoms with Crippen LogP contribution in [0.15, 0.2) is 0 Å². The van der Waals surface area contributed by atoms with Crippen molar-refractivity contribution < 1.29 is 24.4 Å². The normalized spacial score (nSPS) is 36.5. The van der Waals surface area contributed by atoms with Crippen LogP contribution >= 0.6 is 0 Å². The van der Waals surface area contributed by atoms with E-state index in [4.69, 9.17) is 25.1 Å². The predicted octanol–water partition coefficient (Wildman–Crippen LogP) is -2.94. The Morgan fingerprint density at radius 1 is 1.56 bits per heavy atom. The number of rotatable bonds is 6. The van der Waals surface area contributed by atoms with E-state index in [1.165, 1.54) is 0 Å². The van der Waals surface area contributed by atoms with Crippen molar-refractivity contribution in [3.63, 3.8) is 0 Å². The Labute approximate surface area is 96.1 Å². The fourth-order valence-electron chi connectivity index (χ4n) is 1.84. The highest BCUT2D eigenvalue weighted by atomic mass is 16.6. The van der Waals surface area contributed by atoms with Gasteiger partial charge in [0, 0.05) is 13.7 Å². The van der Waals surface area contributed by atoms with Gasteiger partial charge in [0.15, 0.2) is 0 Å². The second-order valence-electron chi connectivity index (χ2n) is 3.97. The Bertz CT molecular complexity index is 208. The fourth-order valence-corrected chi connectivity index (χ4v) is 1.84. The quantitative estimate of drug-likeness (QED) is 0.425. The fraction of sp³-hybridized carbons (Fsp3) is 1.00. The lowest BCUT2D eigenvalue weighted by Crippen LogP contribution is -2.42. The summed E-state index contributed by atoms with van der Waals surface area (Å²) in [4.78, 5) is 0. The Morgan fingerprint density at radius 2 is 2.25 bits per heavy atom. The Kier molecular flexibility index (Phi) is 5.67. The molecule has 0 aromatic heterocycles. The molecule has 0 spiro atoms. The summed E-state index contributed by atoms with van der Waals surface area (Å²) in [5.41, 5.74) is 5.52. The van der Waals surface area contributed by atoms with Gasteiger partial charge in [-0.2, -0.15) is 0 Å². The average molecular weight is 233 g/mol. The number of ether oxygens (including phenoxy) is 3. The Hall–Kier alpha value is -0.175. The third kappa shape index (κ3) is 3.16. The minimum atomic E-state index is -0.828. The van der Waals surface area contributed by atoms with Crippen LogP contribution in [0.3, 0.4) is 0 Å². The van der Waals surface area contributed by atoms with Crippen molar-refractivity contribution in [3.8, 4) is 0 Å². The smallest absolute Gasteiger partial charge is 0.142 e. The molecule has 0 aliphatic carbocycles. The maximum atomic E-state index is 9.84. The molecule has 3 unspecified atom stereocenters. The molecule has 1 heterocycles. The van der Waals surface area contributed by atoms with E-state index in [1.807, 2.05) is 0 Å². The summed E-state index contributed by atoms with van der Waals surface area (Å²) in [5.74, 6) is 0. The van der Waals surface area contributed by atoms with Crippen molar-refractivity contribution in [2.24, 2.45) is 5.73 Å². The molecule has 1 saturated heterocycles. The molecule has 4 N–H and O–H groups in total. The summed E-state index contributed by atoms with van der Waals surface area (Å²) in [6.45, 7) is 0.465. The van der Waals surface area contributed by atoms with Gasteiger partial charge in [-0.05, 0) is 0 Å². The zero-order valence-electron chi connectivity index (χ0n) is 9.70. The third-order valence-corrected chi connectivity index (χ3v) is 2.71. The van der Waals surface area contributed by atoms with E-state index in [9.17, 15) is 5.11 Å². The molecule has 0 amide bonds. The Balaban J connectivity index is 2.52. The highest BCUT2D eigenvalue weighted by Gasteiger charge is 2.42. The van der Waals surface area contributed by atoms with E-state index < -0.39 is 18.3 Å². The first-order chi connectivity index (χ1) is 7.63. The number of nitrogens with two attached hydrogens (primary N) is 1. The minimum Gasteiger partial charge on any atom is -0.394 e. The molecule has 7 heteroatoms. The third-order valence-electron chi connectivity index (χ3n) is 2.71. The monoisotopic (exact) mass is 233 g/mol. The molecule has 6 nitrogen and oxygen atoms in total.